The molecule has 0 saturated heterocycles. The number of methoxy groups -OCH3 is 1. The van der Waals surface area contributed by atoms with Crippen LogP contribution >= 0.6 is 11.6 Å². The lowest BCUT2D eigenvalue weighted by molar-refractivity contribution is -0.119. The number of hydrazone groups is 1. The Hall–Kier alpha value is -3.43. The zero-order valence-electron chi connectivity index (χ0n) is 16.5. The molecule has 0 aliphatic heterocycles. The average molecular weight is 459 g/mol. The Morgan fingerprint density at radius 3 is 2.45 bits per heavy atom. The highest BCUT2D eigenvalue weighted by Crippen LogP contribution is 2.26. The Kier molecular flexibility index (Phi) is 7.22. The molecular formula is C21H19ClN4O4S. The Morgan fingerprint density at radius 2 is 1.84 bits per heavy atom. The molecule has 1 N–H and O–H groups in total. The first-order chi connectivity index (χ1) is 14.9. The summed E-state index contributed by atoms with van der Waals surface area (Å²) < 4.78 is 32.6. The van der Waals surface area contributed by atoms with Crippen molar-refractivity contribution in [3.8, 4) is 5.75 Å². The van der Waals surface area contributed by atoms with Crippen LogP contribution in [-0.4, -0.2) is 39.2 Å². The van der Waals surface area contributed by atoms with Gasteiger partial charge in [0.15, 0.2) is 0 Å². The number of hydrogen-bond acceptors (Lipinski definition) is 6. The number of aromatic nitrogens is 1. The molecule has 0 saturated carbocycles. The molecule has 0 atom stereocenters. The Labute approximate surface area is 185 Å². The summed E-state index contributed by atoms with van der Waals surface area (Å²) in [4.78, 5) is 16.5. The summed E-state index contributed by atoms with van der Waals surface area (Å²) in [5.74, 6) is -0.113. The van der Waals surface area contributed by atoms with Crippen LogP contribution in [0.15, 0.2) is 82.9 Å². The lowest BCUT2D eigenvalue weighted by atomic mass is 10.3. The number of halogens is 1. The first-order valence-electron chi connectivity index (χ1n) is 9.05. The Morgan fingerprint density at radius 1 is 1.13 bits per heavy atom. The standard InChI is InChI=1S/C21H19ClN4O4S/c1-30-19-9-11-20(12-10-19)31(28,29)26(18-7-5-16(22)6-8-18)15-21(27)25-24-14-17-4-2-3-13-23-17/h2-14H,15H2,1H3,(H,25,27)/b24-14-. The van der Waals surface area contributed by atoms with Crippen molar-refractivity contribution >= 4 is 39.4 Å². The summed E-state index contributed by atoms with van der Waals surface area (Å²) in [5, 5.41) is 4.27. The van der Waals surface area contributed by atoms with Crippen LogP contribution in [0, 0.1) is 0 Å². The monoisotopic (exact) mass is 458 g/mol. The lowest BCUT2D eigenvalue weighted by Gasteiger charge is -2.23. The largest absolute Gasteiger partial charge is 0.497 e. The number of benzene rings is 2. The number of amides is 1. The molecule has 3 aromatic rings. The van der Waals surface area contributed by atoms with E-state index in [-0.39, 0.29) is 10.6 Å². The number of nitrogens with zero attached hydrogens (tertiary/aromatic N) is 3. The quantitative estimate of drug-likeness (QED) is 0.413. The molecule has 0 bridgehead atoms. The molecule has 8 nitrogen and oxygen atoms in total. The predicted octanol–water partition coefficient (Wildman–Crippen LogP) is 3.09. The van der Waals surface area contributed by atoms with Gasteiger partial charge in [-0.15, -0.1) is 0 Å². The number of hydrogen-bond donors (Lipinski definition) is 1. The number of carbonyl (C=O) groups is 1. The van der Waals surface area contributed by atoms with E-state index in [1.165, 1.54) is 49.7 Å². The van der Waals surface area contributed by atoms with Crippen molar-refractivity contribution in [2.45, 2.75) is 4.90 Å². The molecule has 0 unspecified atom stereocenters. The van der Waals surface area contributed by atoms with Crippen molar-refractivity contribution < 1.29 is 17.9 Å². The molecule has 0 aliphatic carbocycles. The number of sulfonamides is 1. The second kappa shape index (κ2) is 10.1. The van der Waals surface area contributed by atoms with Gasteiger partial charge in [-0.25, -0.2) is 13.8 Å². The molecule has 10 heteroatoms. The number of carbonyl (C=O) groups excluding carboxylic acids is 1. The molecule has 0 radical (unpaired) electrons. The van der Waals surface area contributed by atoms with E-state index in [1.807, 2.05) is 0 Å². The summed E-state index contributed by atoms with van der Waals surface area (Å²) in [5.41, 5.74) is 3.15. The van der Waals surface area contributed by atoms with Gasteiger partial charge in [0.2, 0.25) is 0 Å². The third kappa shape index (κ3) is 5.80. The third-order valence-electron chi connectivity index (χ3n) is 4.12. The maximum Gasteiger partial charge on any atom is 0.264 e. The van der Waals surface area contributed by atoms with Crippen LogP contribution in [0.3, 0.4) is 0 Å². The number of nitrogens with one attached hydrogen (secondary N) is 1. The van der Waals surface area contributed by atoms with Crippen molar-refractivity contribution in [3.63, 3.8) is 0 Å². The molecule has 1 amide bonds. The van der Waals surface area contributed by atoms with Crippen LogP contribution in [0.1, 0.15) is 5.69 Å². The Balaban J connectivity index is 1.84. The van der Waals surface area contributed by atoms with Crippen LogP contribution in [-0.2, 0) is 14.8 Å². The fraction of sp³-hybridized carbons (Fsp3) is 0.0952. The second-order valence-electron chi connectivity index (χ2n) is 6.21. The normalized spacial score (nSPS) is 11.3. The highest BCUT2D eigenvalue weighted by Gasteiger charge is 2.27. The number of rotatable bonds is 8. The van der Waals surface area contributed by atoms with E-state index >= 15 is 0 Å². The van der Waals surface area contributed by atoms with Gasteiger partial charge in [-0.1, -0.05) is 17.7 Å². The lowest BCUT2D eigenvalue weighted by Crippen LogP contribution is -2.39. The minimum absolute atomic E-state index is 0.00744. The highest BCUT2D eigenvalue weighted by molar-refractivity contribution is 7.92. The minimum Gasteiger partial charge on any atom is -0.497 e. The van der Waals surface area contributed by atoms with E-state index in [1.54, 1.807) is 36.5 Å². The fourth-order valence-electron chi connectivity index (χ4n) is 2.59. The van der Waals surface area contributed by atoms with E-state index in [0.29, 0.717) is 16.5 Å². The van der Waals surface area contributed by atoms with Gasteiger partial charge in [-0.2, -0.15) is 5.10 Å². The molecule has 0 spiro atoms. The molecule has 160 valence electrons. The van der Waals surface area contributed by atoms with E-state index in [9.17, 15) is 13.2 Å². The van der Waals surface area contributed by atoms with E-state index in [0.717, 1.165) is 4.31 Å². The summed E-state index contributed by atoms with van der Waals surface area (Å²) in [6.45, 7) is -0.491. The summed E-state index contributed by atoms with van der Waals surface area (Å²) in [6.07, 6.45) is 2.95. The predicted molar refractivity (Wildman–Crippen MR) is 119 cm³/mol. The van der Waals surface area contributed by atoms with Crippen molar-refractivity contribution in [3.05, 3.63) is 83.6 Å². The van der Waals surface area contributed by atoms with Gasteiger partial charge in [-0.05, 0) is 60.7 Å². The molecule has 3 rings (SSSR count). The third-order valence-corrected chi connectivity index (χ3v) is 6.16. The first-order valence-corrected chi connectivity index (χ1v) is 10.9. The van der Waals surface area contributed by atoms with Gasteiger partial charge < -0.3 is 4.74 Å². The highest BCUT2D eigenvalue weighted by atomic mass is 35.5. The molecule has 0 aliphatic rings. The number of pyridine rings is 1. The van der Waals surface area contributed by atoms with Gasteiger partial charge >= 0.3 is 0 Å². The zero-order valence-corrected chi connectivity index (χ0v) is 18.0. The van der Waals surface area contributed by atoms with Crippen LogP contribution in [0.2, 0.25) is 5.02 Å². The Bertz CT molecular complexity index is 1150. The van der Waals surface area contributed by atoms with Crippen molar-refractivity contribution in [1.82, 2.24) is 10.4 Å². The molecule has 1 aromatic heterocycles. The molecule has 31 heavy (non-hydrogen) atoms. The minimum atomic E-state index is -4.05. The van der Waals surface area contributed by atoms with Crippen LogP contribution < -0.4 is 14.5 Å². The zero-order chi connectivity index (χ0) is 22.3. The molecule has 0 fully saturated rings. The topological polar surface area (TPSA) is 101 Å². The fourth-order valence-corrected chi connectivity index (χ4v) is 4.13. The van der Waals surface area contributed by atoms with E-state index < -0.39 is 22.5 Å². The maximum absolute atomic E-state index is 13.3. The van der Waals surface area contributed by atoms with E-state index in [2.05, 4.69) is 15.5 Å². The van der Waals surface area contributed by atoms with Crippen LogP contribution in [0.25, 0.3) is 0 Å². The summed E-state index contributed by atoms with van der Waals surface area (Å²) in [6, 6.07) is 17.3. The summed E-state index contributed by atoms with van der Waals surface area (Å²) in [7, 11) is -2.57. The van der Waals surface area contributed by atoms with Gasteiger partial charge in [0.25, 0.3) is 15.9 Å². The van der Waals surface area contributed by atoms with Gasteiger partial charge in [0, 0.05) is 11.2 Å². The van der Waals surface area contributed by atoms with E-state index in [4.69, 9.17) is 16.3 Å². The second-order valence-corrected chi connectivity index (χ2v) is 8.51. The summed E-state index contributed by atoms with van der Waals surface area (Å²) >= 11 is 5.93. The average Bonchev–Trinajstić information content (AvgIpc) is 2.79. The maximum atomic E-state index is 13.3. The molecule has 2 aromatic carbocycles. The van der Waals surface area contributed by atoms with Crippen molar-refractivity contribution in [1.29, 1.82) is 0 Å². The molecular weight excluding hydrogens is 440 g/mol. The first kappa shape index (κ1) is 22.3. The van der Waals surface area contributed by atoms with Crippen LogP contribution in [0.4, 0.5) is 5.69 Å². The number of ether oxygens (including phenoxy) is 1. The van der Waals surface area contributed by atoms with Crippen LogP contribution in [0.5, 0.6) is 5.75 Å². The van der Waals surface area contributed by atoms with Crippen molar-refractivity contribution in [2.24, 2.45) is 5.10 Å². The number of anilines is 1. The molecule has 1 heterocycles. The van der Waals surface area contributed by atoms with Gasteiger partial charge in [0.05, 0.1) is 29.6 Å². The smallest absolute Gasteiger partial charge is 0.264 e. The van der Waals surface area contributed by atoms with Gasteiger partial charge in [-0.3, -0.25) is 14.1 Å². The van der Waals surface area contributed by atoms with Gasteiger partial charge in [0.1, 0.15) is 12.3 Å². The van der Waals surface area contributed by atoms with Crippen molar-refractivity contribution in [2.75, 3.05) is 18.0 Å². The SMILES string of the molecule is COc1ccc(S(=O)(=O)N(CC(=O)N/N=C\c2ccccn2)c2ccc(Cl)cc2)cc1.